The lowest BCUT2D eigenvalue weighted by atomic mass is 10.0. The van der Waals surface area contributed by atoms with Gasteiger partial charge in [0.2, 0.25) is 0 Å². The Bertz CT molecular complexity index is 1160. The van der Waals surface area contributed by atoms with Crippen molar-refractivity contribution in [3.8, 4) is 22.4 Å². The van der Waals surface area contributed by atoms with E-state index in [0.717, 1.165) is 11.8 Å². The van der Waals surface area contributed by atoms with Crippen molar-refractivity contribution in [1.82, 2.24) is 14.8 Å². The molecule has 0 aliphatic rings. The van der Waals surface area contributed by atoms with Gasteiger partial charge < -0.3 is 5.73 Å². The molecule has 9 heteroatoms. The van der Waals surface area contributed by atoms with Gasteiger partial charge in [-0.05, 0) is 12.1 Å². The van der Waals surface area contributed by atoms with E-state index < -0.39 is 22.0 Å². The summed E-state index contributed by atoms with van der Waals surface area (Å²) in [6, 6.07) is 14.6. The lowest BCUT2D eigenvalue weighted by Crippen LogP contribution is -2.38. The first kappa shape index (κ1) is 20.3. The van der Waals surface area contributed by atoms with Crippen LogP contribution in [0, 0.1) is 0 Å². The molecule has 29 heavy (non-hydrogen) atoms. The van der Waals surface area contributed by atoms with Crippen LogP contribution in [-0.2, 0) is 9.84 Å². The van der Waals surface area contributed by atoms with Crippen molar-refractivity contribution in [2.45, 2.75) is 11.1 Å². The molecule has 150 valence electrons. The Morgan fingerprint density at radius 1 is 1.17 bits per heavy atom. The van der Waals surface area contributed by atoms with E-state index in [9.17, 15) is 18.4 Å². The maximum absolute atomic E-state index is 12.3. The lowest BCUT2D eigenvalue weighted by Gasteiger charge is -2.21. The highest BCUT2D eigenvalue weighted by atomic mass is 32.2. The van der Waals surface area contributed by atoms with Crippen molar-refractivity contribution in [3.63, 3.8) is 0 Å². The number of hydrogen-bond donors (Lipinski definition) is 2. The Hall–Kier alpha value is -3.43. The molecule has 2 amide bonds. The molecule has 0 aliphatic heterocycles. The molecule has 0 aliphatic carbocycles. The number of nitrogens with zero attached hydrogens (tertiary/aromatic N) is 3. The quantitative estimate of drug-likeness (QED) is 0.366. The van der Waals surface area contributed by atoms with E-state index in [4.69, 9.17) is 5.73 Å². The second kappa shape index (κ2) is 7.90. The third-order valence-electron chi connectivity index (χ3n) is 4.31. The summed E-state index contributed by atoms with van der Waals surface area (Å²) in [6.07, 6.45) is 2.89. The first-order chi connectivity index (χ1) is 13.7. The van der Waals surface area contributed by atoms with Gasteiger partial charge in [-0.15, -0.1) is 0 Å². The van der Waals surface area contributed by atoms with Gasteiger partial charge in [0.05, 0.1) is 4.90 Å². The molecule has 3 aromatic rings. The number of carbonyl (C=O) groups is 1. The van der Waals surface area contributed by atoms with Crippen molar-refractivity contribution in [2.24, 2.45) is 5.73 Å². The smallest absolute Gasteiger partial charge is 0.340 e. The Labute approximate surface area is 168 Å². The first-order valence-corrected chi connectivity index (χ1v) is 10.5. The second-order valence-electron chi connectivity index (χ2n) is 6.34. The fraction of sp³-hybridized carbons (Fsp3) is 0.100. The molecule has 0 radical (unpaired) electrons. The fourth-order valence-electron chi connectivity index (χ4n) is 3.00. The maximum Gasteiger partial charge on any atom is 0.340 e. The lowest BCUT2D eigenvalue weighted by molar-refractivity contribution is -0.0860. The number of sulfone groups is 1. The van der Waals surface area contributed by atoms with Crippen LogP contribution in [0.25, 0.3) is 22.4 Å². The molecule has 8 nitrogen and oxygen atoms in total. The SMILES string of the molecule is C=CC(N(O)C(N)=O)n1cc(-c2ccccc2S(C)(=O)=O)c(-c2ccccc2)n1. The zero-order chi connectivity index (χ0) is 21.2. The van der Waals surface area contributed by atoms with Gasteiger partial charge in [0.15, 0.2) is 16.0 Å². The summed E-state index contributed by atoms with van der Waals surface area (Å²) >= 11 is 0. The summed E-state index contributed by atoms with van der Waals surface area (Å²) in [4.78, 5) is 11.6. The van der Waals surface area contributed by atoms with Gasteiger partial charge in [0.25, 0.3) is 0 Å². The van der Waals surface area contributed by atoms with Crippen molar-refractivity contribution in [3.05, 3.63) is 73.4 Å². The van der Waals surface area contributed by atoms with E-state index in [-0.39, 0.29) is 4.90 Å². The first-order valence-electron chi connectivity index (χ1n) is 8.58. The molecular formula is C20H20N4O4S. The average molecular weight is 412 g/mol. The number of aromatic nitrogens is 2. The van der Waals surface area contributed by atoms with Gasteiger partial charge in [0.1, 0.15) is 5.69 Å². The number of hydrogen-bond acceptors (Lipinski definition) is 5. The number of carbonyl (C=O) groups excluding carboxylic acids is 1. The highest BCUT2D eigenvalue weighted by molar-refractivity contribution is 7.90. The Morgan fingerprint density at radius 3 is 2.38 bits per heavy atom. The third kappa shape index (κ3) is 4.05. The normalized spacial score (nSPS) is 12.3. The van der Waals surface area contributed by atoms with Gasteiger partial charge >= 0.3 is 6.03 Å². The minimum atomic E-state index is -3.52. The van der Waals surface area contributed by atoms with Gasteiger partial charge in [-0.25, -0.2) is 17.9 Å². The highest BCUT2D eigenvalue weighted by Crippen LogP contribution is 2.36. The maximum atomic E-state index is 12.3. The van der Waals surface area contributed by atoms with Crippen molar-refractivity contribution in [2.75, 3.05) is 6.26 Å². The average Bonchev–Trinajstić information content (AvgIpc) is 3.13. The monoisotopic (exact) mass is 412 g/mol. The minimum absolute atomic E-state index is 0.141. The summed E-state index contributed by atoms with van der Waals surface area (Å²) in [5, 5.41) is 14.8. The topological polar surface area (TPSA) is 119 Å². The van der Waals surface area contributed by atoms with Crippen molar-refractivity contribution < 1.29 is 18.4 Å². The van der Waals surface area contributed by atoms with Crippen molar-refractivity contribution in [1.29, 1.82) is 0 Å². The predicted octanol–water partition coefficient (Wildman–Crippen LogP) is 3.08. The van der Waals surface area contributed by atoms with Gasteiger partial charge in [-0.3, -0.25) is 5.21 Å². The number of benzene rings is 2. The molecule has 0 saturated carbocycles. The number of primary amides is 1. The largest absolute Gasteiger partial charge is 0.350 e. The van der Waals surface area contributed by atoms with Gasteiger partial charge in [-0.1, -0.05) is 55.1 Å². The fourth-order valence-corrected chi connectivity index (χ4v) is 3.90. The third-order valence-corrected chi connectivity index (χ3v) is 5.47. The number of rotatable bonds is 6. The molecule has 2 aromatic carbocycles. The van der Waals surface area contributed by atoms with Crippen molar-refractivity contribution >= 4 is 15.9 Å². The summed E-state index contributed by atoms with van der Waals surface area (Å²) in [5.41, 5.74) is 7.34. The van der Waals surface area contributed by atoms with E-state index in [1.807, 2.05) is 30.3 Å². The molecule has 1 unspecified atom stereocenters. The van der Waals surface area contributed by atoms with Crippen LogP contribution in [0.5, 0.6) is 0 Å². The molecule has 0 fully saturated rings. The molecule has 0 bridgehead atoms. The molecule has 3 N–H and O–H groups in total. The van der Waals surface area contributed by atoms with Gasteiger partial charge in [-0.2, -0.15) is 10.2 Å². The molecule has 1 aromatic heterocycles. The molecule has 0 saturated heterocycles. The Balaban J connectivity index is 2.29. The Kier molecular flexibility index (Phi) is 5.53. The zero-order valence-corrected chi connectivity index (χ0v) is 16.5. The minimum Gasteiger partial charge on any atom is -0.350 e. The van der Waals surface area contributed by atoms with Crippen LogP contribution >= 0.6 is 0 Å². The number of amides is 2. The standard InChI is InChI=1S/C20H20N4O4S/c1-3-18(24(26)20(21)25)23-13-16(19(22-23)14-9-5-4-6-10-14)15-11-7-8-12-17(15)29(2,27)28/h3-13,18,26H,1H2,2H3,(H2,21,25). The van der Waals surface area contributed by atoms with Crippen LogP contribution in [0.2, 0.25) is 0 Å². The summed E-state index contributed by atoms with van der Waals surface area (Å²) in [6.45, 7) is 3.62. The highest BCUT2D eigenvalue weighted by Gasteiger charge is 2.25. The van der Waals surface area contributed by atoms with Crippen LogP contribution in [0.4, 0.5) is 4.79 Å². The van der Waals surface area contributed by atoms with E-state index in [1.165, 1.54) is 16.8 Å². The van der Waals surface area contributed by atoms with E-state index in [1.54, 1.807) is 24.4 Å². The summed E-state index contributed by atoms with van der Waals surface area (Å²) in [7, 11) is -3.52. The van der Waals surface area contributed by atoms with Crippen LogP contribution in [0.15, 0.2) is 78.3 Å². The van der Waals surface area contributed by atoms with Crippen LogP contribution in [-0.4, -0.2) is 40.8 Å². The van der Waals surface area contributed by atoms with E-state index >= 15 is 0 Å². The molecular weight excluding hydrogens is 392 g/mol. The Morgan fingerprint density at radius 2 is 1.79 bits per heavy atom. The van der Waals surface area contributed by atoms with Crippen LogP contribution in [0.3, 0.4) is 0 Å². The summed E-state index contributed by atoms with van der Waals surface area (Å²) in [5.74, 6) is 0. The molecule has 1 atom stereocenters. The van der Waals surface area contributed by atoms with E-state index in [2.05, 4.69) is 11.7 Å². The predicted molar refractivity (Wildman–Crippen MR) is 109 cm³/mol. The van der Waals surface area contributed by atoms with Gasteiger partial charge in [0, 0.05) is 29.1 Å². The molecule has 1 heterocycles. The van der Waals surface area contributed by atoms with Crippen LogP contribution < -0.4 is 5.73 Å². The van der Waals surface area contributed by atoms with Crippen LogP contribution in [0.1, 0.15) is 6.17 Å². The second-order valence-corrected chi connectivity index (χ2v) is 8.32. The molecule has 3 rings (SSSR count). The summed E-state index contributed by atoms with van der Waals surface area (Å²) < 4.78 is 25.9. The zero-order valence-electron chi connectivity index (χ0n) is 15.6. The van der Waals surface area contributed by atoms with E-state index in [0.29, 0.717) is 21.9 Å². The number of urea groups is 1. The number of nitrogens with two attached hydrogens (primary N) is 1. The molecule has 0 spiro atoms. The number of hydroxylamine groups is 2.